The molecule has 0 fully saturated rings. The molecule has 8 nitrogen and oxygen atoms in total. The molecule has 3 aromatic carbocycles. The Morgan fingerprint density at radius 1 is 0.946 bits per heavy atom. The van der Waals surface area contributed by atoms with Crippen LogP contribution in [0.4, 0.5) is 5.69 Å². The van der Waals surface area contributed by atoms with Crippen LogP contribution in [0.15, 0.2) is 77.7 Å². The molecule has 0 radical (unpaired) electrons. The van der Waals surface area contributed by atoms with Crippen LogP contribution in [0.25, 0.3) is 0 Å². The van der Waals surface area contributed by atoms with Gasteiger partial charge in [-0.15, -0.1) is 0 Å². The number of anilines is 1. The maximum absolute atomic E-state index is 13.8. The van der Waals surface area contributed by atoms with E-state index < -0.39 is 28.5 Å². The lowest BCUT2D eigenvalue weighted by atomic mass is 10.1. The summed E-state index contributed by atoms with van der Waals surface area (Å²) in [5.41, 5.74) is 2.87. The highest BCUT2D eigenvalue weighted by molar-refractivity contribution is 7.92. The topological polar surface area (TPSA) is 96.0 Å². The molecule has 2 amide bonds. The maximum Gasteiger partial charge on any atom is 0.264 e. The predicted molar refractivity (Wildman–Crippen MR) is 144 cm³/mol. The lowest BCUT2D eigenvalue weighted by Gasteiger charge is -2.32. The first kappa shape index (κ1) is 27.7. The van der Waals surface area contributed by atoms with Gasteiger partial charge >= 0.3 is 0 Å². The number of aryl methyl sites for hydroxylation is 2. The standard InChI is InChI=1S/C28H33N3O5S/c1-20-12-14-26(15-13-20)37(34,35)31(24-10-6-8-21(2)16-24)19-27(32)30(22(3)28(33)29-4)18-23-9-7-11-25(17-23)36-5/h6-17,22H,18-19H2,1-5H3,(H,29,33)/t22-/m0/s1. The van der Waals surface area contributed by atoms with E-state index in [9.17, 15) is 18.0 Å². The van der Waals surface area contributed by atoms with Gasteiger partial charge in [-0.25, -0.2) is 8.42 Å². The molecule has 0 heterocycles. The predicted octanol–water partition coefficient (Wildman–Crippen LogP) is 3.67. The first-order chi connectivity index (χ1) is 17.6. The number of hydrogen-bond acceptors (Lipinski definition) is 5. The molecule has 3 aromatic rings. The Kier molecular flexibility index (Phi) is 8.94. The van der Waals surface area contributed by atoms with Crippen molar-refractivity contribution in [2.24, 2.45) is 0 Å². The molecular weight excluding hydrogens is 490 g/mol. The van der Waals surface area contributed by atoms with Gasteiger partial charge in [0.2, 0.25) is 11.8 Å². The third-order valence-corrected chi connectivity index (χ3v) is 7.87. The van der Waals surface area contributed by atoms with E-state index in [1.54, 1.807) is 62.6 Å². The van der Waals surface area contributed by atoms with Crippen molar-refractivity contribution in [2.45, 2.75) is 38.3 Å². The van der Waals surface area contributed by atoms with Crippen molar-refractivity contribution in [3.05, 3.63) is 89.5 Å². The molecule has 0 unspecified atom stereocenters. The van der Waals surface area contributed by atoms with Gasteiger partial charge in [-0.1, -0.05) is 42.0 Å². The van der Waals surface area contributed by atoms with Crippen LogP contribution in [0, 0.1) is 13.8 Å². The van der Waals surface area contributed by atoms with Crippen LogP contribution >= 0.6 is 0 Å². The summed E-state index contributed by atoms with van der Waals surface area (Å²) < 4.78 is 33.9. The van der Waals surface area contributed by atoms with Gasteiger partial charge in [0.05, 0.1) is 17.7 Å². The van der Waals surface area contributed by atoms with Gasteiger partial charge in [0, 0.05) is 13.6 Å². The van der Waals surface area contributed by atoms with Crippen LogP contribution in [0.2, 0.25) is 0 Å². The second-order valence-corrected chi connectivity index (χ2v) is 10.7. The average Bonchev–Trinajstić information content (AvgIpc) is 2.89. The highest BCUT2D eigenvalue weighted by atomic mass is 32.2. The lowest BCUT2D eigenvalue weighted by molar-refractivity contribution is -0.139. The number of methoxy groups -OCH3 is 1. The SMILES string of the molecule is CNC(=O)[C@H](C)N(Cc1cccc(OC)c1)C(=O)CN(c1cccc(C)c1)S(=O)(=O)c1ccc(C)cc1. The number of rotatable bonds is 10. The zero-order valence-electron chi connectivity index (χ0n) is 21.8. The number of likely N-dealkylation sites (N-methyl/N-ethyl adjacent to an activating group) is 1. The summed E-state index contributed by atoms with van der Waals surface area (Å²) >= 11 is 0. The molecular formula is C28H33N3O5S. The lowest BCUT2D eigenvalue weighted by Crippen LogP contribution is -2.50. The van der Waals surface area contributed by atoms with E-state index in [0.717, 1.165) is 21.0 Å². The normalized spacial score (nSPS) is 11.9. The zero-order valence-corrected chi connectivity index (χ0v) is 22.6. The summed E-state index contributed by atoms with van der Waals surface area (Å²) in [6.07, 6.45) is 0. The van der Waals surface area contributed by atoms with Crippen LogP contribution in [-0.2, 0) is 26.2 Å². The average molecular weight is 524 g/mol. The van der Waals surface area contributed by atoms with Crippen molar-refractivity contribution in [3.63, 3.8) is 0 Å². The Bertz CT molecular complexity index is 1360. The zero-order chi connectivity index (χ0) is 27.2. The Morgan fingerprint density at radius 3 is 2.24 bits per heavy atom. The molecule has 0 aromatic heterocycles. The fourth-order valence-electron chi connectivity index (χ4n) is 3.91. The van der Waals surface area contributed by atoms with Crippen molar-refractivity contribution >= 4 is 27.5 Å². The molecule has 3 rings (SSSR count). The maximum atomic E-state index is 13.8. The molecule has 0 saturated carbocycles. The van der Waals surface area contributed by atoms with Crippen molar-refractivity contribution in [1.82, 2.24) is 10.2 Å². The molecule has 196 valence electrons. The summed E-state index contributed by atoms with van der Waals surface area (Å²) in [6, 6.07) is 19.8. The third-order valence-electron chi connectivity index (χ3n) is 6.08. The minimum atomic E-state index is -4.09. The molecule has 0 bridgehead atoms. The molecule has 1 atom stereocenters. The van der Waals surface area contributed by atoms with Gasteiger partial charge in [0.1, 0.15) is 18.3 Å². The molecule has 1 N–H and O–H groups in total. The number of hydrogen-bond donors (Lipinski definition) is 1. The van der Waals surface area contributed by atoms with Crippen LogP contribution in [0.5, 0.6) is 5.75 Å². The van der Waals surface area contributed by atoms with Gasteiger partial charge in [0.15, 0.2) is 0 Å². The number of nitrogens with one attached hydrogen (secondary N) is 1. The molecule has 0 aliphatic heterocycles. The van der Waals surface area contributed by atoms with E-state index in [1.165, 1.54) is 24.1 Å². The molecule has 0 spiro atoms. The first-order valence-electron chi connectivity index (χ1n) is 11.9. The Hall–Kier alpha value is -3.85. The van der Waals surface area contributed by atoms with E-state index >= 15 is 0 Å². The molecule has 0 saturated heterocycles. The van der Waals surface area contributed by atoms with Crippen LogP contribution in [0.3, 0.4) is 0 Å². The molecule has 9 heteroatoms. The van der Waals surface area contributed by atoms with Gasteiger partial charge in [-0.2, -0.15) is 0 Å². The van der Waals surface area contributed by atoms with E-state index in [1.807, 2.05) is 26.0 Å². The van der Waals surface area contributed by atoms with E-state index in [2.05, 4.69) is 5.32 Å². The number of nitrogens with zero attached hydrogens (tertiary/aromatic N) is 2. The number of benzene rings is 3. The van der Waals surface area contributed by atoms with Crippen LogP contribution < -0.4 is 14.4 Å². The summed E-state index contributed by atoms with van der Waals surface area (Å²) in [4.78, 5) is 27.8. The largest absolute Gasteiger partial charge is 0.497 e. The van der Waals surface area contributed by atoms with Gasteiger partial charge < -0.3 is 15.0 Å². The van der Waals surface area contributed by atoms with Crippen LogP contribution in [-0.4, -0.2) is 51.9 Å². The monoisotopic (exact) mass is 523 g/mol. The Balaban J connectivity index is 2.03. The van der Waals surface area contributed by atoms with Gasteiger partial charge in [0.25, 0.3) is 10.0 Å². The van der Waals surface area contributed by atoms with E-state index in [0.29, 0.717) is 11.4 Å². The Morgan fingerprint density at radius 2 is 1.62 bits per heavy atom. The second kappa shape index (κ2) is 11.9. The van der Waals surface area contributed by atoms with Crippen molar-refractivity contribution in [2.75, 3.05) is 25.0 Å². The third kappa shape index (κ3) is 6.68. The highest BCUT2D eigenvalue weighted by Gasteiger charge is 2.32. The summed E-state index contributed by atoms with van der Waals surface area (Å²) in [5, 5.41) is 2.57. The fourth-order valence-corrected chi connectivity index (χ4v) is 5.31. The Labute approximate surface area is 218 Å². The van der Waals surface area contributed by atoms with E-state index in [4.69, 9.17) is 4.74 Å². The second-order valence-electron chi connectivity index (χ2n) is 8.83. The fraction of sp³-hybridized carbons (Fsp3) is 0.286. The number of carbonyl (C=O) groups excluding carboxylic acids is 2. The summed E-state index contributed by atoms with van der Waals surface area (Å²) in [7, 11) is -1.05. The molecule has 0 aliphatic carbocycles. The highest BCUT2D eigenvalue weighted by Crippen LogP contribution is 2.26. The van der Waals surface area contributed by atoms with Crippen molar-refractivity contribution < 1.29 is 22.7 Å². The van der Waals surface area contributed by atoms with E-state index in [-0.39, 0.29) is 17.3 Å². The molecule has 37 heavy (non-hydrogen) atoms. The quantitative estimate of drug-likeness (QED) is 0.438. The summed E-state index contributed by atoms with van der Waals surface area (Å²) in [5.74, 6) is -0.267. The number of carbonyl (C=O) groups is 2. The smallest absolute Gasteiger partial charge is 0.264 e. The van der Waals surface area contributed by atoms with Crippen molar-refractivity contribution in [1.29, 1.82) is 0 Å². The number of amides is 2. The summed E-state index contributed by atoms with van der Waals surface area (Å²) in [6.45, 7) is 4.95. The van der Waals surface area contributed by atoms with Gasteiger partial charge in [-0.05, 0) is 68.3 Å². The molecule has 0 aliphatic rings. The van der Waals surface area contributed by atoms with Crippen LogP contribution in [0.1, 0.15) is 23.6 Å². The minimum absolute atomic E-state index is 0.0751. The number of ether oxygens (including phenoxy) is 1. The first-order valence-corrected chi connectivity index (χ1v) is 13.3. The minimum Gasteiger partial charge on any atom is -0.497 e. The van der Waals surface area contributed by atoms with Crippen molar-refractivity contribution in [3.8, 4) is 5.75 Å². The number of sulfonamides is 1. The van der Waals surface area contributed by atoms with Gasteiger partial charge in [-0.3, -0.25) is 13.9 Å².